The van der Waals surface area contributed by atoms with E-state index in [-0.39, 0.29) is 0 Å². The molecule has 0 atom stereocenters. The number of nitrogens with zero attached hydrogens (tertiary/aromatic N) is 2. The number of rotatable bonds is 12. The van der Waals surface area contributed by atoms with Crippen molar-refractivity contribution in [1.82, 2.24) is 15.1 Å². The SMILES string of the molecule is CC(C)CNCCCCCCN(C)CCN(C)C. The van der Waals surface area contributed by atoms with Crippen LogP contribution in [0.15, 0.2) is 0 Å². The lowest BCUT2D eigenvalue weighted by Crippen LogP contribution is -2.29. The van der Waals surface area contributed by atoms with Gasteiger partial charge in [0.05, 0.1) is 0 Å². The summed E-state index contributed by atoms with van der Waals surface area (Å²) in [6, 6.07) is 0. The lowest BCUT2D eigenvalue weighted by molar-refractivity contribution is 0.277. The Hall–Kier alpha value is -0.120. The van der Waals surface area contributed by atoms with E-state index in [9.17, 15) is 0 Å². The molecular formula is C15H35N3. The molecule has 3 nitrogen and oxygen atoms in total. The molecule has 0 fully saturated rings. The van der Waals surface area contributed by atoms with Crippen LogP contribution < -0.4 is 5.32 Å². The van der Waals surface area contributed by atoms with Crippen molar-refractivity contribution in [3.8, 4) is 0 Å². The molecule has 110 valence electrons. The number of likely N-dealkylation sites (N-methyl/N-ethyl adjacent to an activating group) is 2. The Bertz CT molecular complexity index is 169. The number of nitrogens with one attached hydrogen (secondary N) is 1. The van der Waals surface area contributed by atoms with E-state index in [0.717, 1.165) is 19.0 Å². The third kappa shape index (κ3) is 13.9. The largest absolute Gasteiger partial charge is 0.316 e. The van der Waals surface area contributed by atoms with Crippen LogP contribution in [0.5, 0.6) is 0 Å². The van der Waals surface area contributed by atoms with Gasteiger partial charge in [0, 0.05) is 13.1 Å². The molecule has 0 aliphatic heterocycles. The first-order valence-corrected chi connectivity index (χ1v) is 7.56. The average Bonchev–Trinajstić information content (AvgIpc) is 2.29. The summed E-state index contributed by atoms with van der Waals surface area (Å²) in [7, 11) is 6.50. The Morgan fingerprint density at radius 1 is 0.833 bits per heavy atom. The number of hydrogen-bond acceptors (Lipinski definition) is 3. The second kappa shape index (κ2) is 11.9. The molecule has 0 amide bonds. The minimum atomic E-state index is 0.773. The zero-order valence-corrected chi connectivity index (χ0v) is 13.3. The molecule has 0 aliphatic carbocycles. The van der Waals surface area contributed by atoms with Crippen LogP contribution in [0.25, 0.3) is 0 Å². The molecule has 0 radical (unpaired) electrons. The molecule has 0 unspecified atom stereocenters. The van der Waals surface area contributed by atoms with Crippen molar-refractivity contribution in [2.24, 2.45) is 5.92 Å². The highest BCUT2D eigenvalue weighted by atomic mass is 15.1. The summed E-state index contributed by atoms with van der Waals surface area (Å²) in [5.74, 6) is 0.773. The predicted octanol–water partition coefficient (Wildman–Crippen LogP) is 2.29. The maximum Gasteiger partial charge on any atom is 0.0106 e. The van der Waals surface area contributed by atoms with Crippen LogP contribution in [0.3, 0.4) is 0 Å². The lowest BCUT2D eigenvalue weighted by atomic mass is 10.2. The van der Waals surface area contributed by atoms with Crippen molar-refractivity contribution in [3.05, 3.63) is 0 Å². The highest BCUT2D eigenvalue weighted by molar-refractivity contribution is 4.56. The van der Waals surface area contributed by atoms with Gasteiger partial charge in [-0.15, -0.1) is 0 Å². The highest BCUT2D eigenvalue weighted by Crippen LogP contribution is 2.00. The standard InChI is InChI=1S/C15H35N3/c1-15(2)14-16-10-8-6-7-9-11-18(5)13-12-17(3)4/h15-16H,6-14H2,1-5H3. The Balaban J connectivity index is 3.15. The van der Waals surface area contributed by atoms with Gasteiger partial charge in [0.25, 0.3) is 0 Å². The average molecular weight is 257 g/mol. The number of hydrogen-bond donors (Lipinski definition) is 1. The summed E-state index contributed by atoms with van der Waals surface area (Å²) in [5.41, 5.74) is 0. The monoisotopic (exact) mass is 257 g/mol. The topological polar surface area (TPSA) is 18.5 Å². The molecule has 0 aromatic rings. The Labute approximate surface area is 115 Å². The van der Waals surface area contributed by atoms with Crippen molar-refractivity contribution in [3.63, 3.8) is 0 Å². The summed E-state index contributed by atoms with van der Waals surface area (Å²) < 4.78 is 0. The van der Waals surface area contributed by atoms with Crippen molar-refractivity contribution >= 4 is 0 Å². The molecule has 0 heterocycles. The van der Waals surface area contributed by atoms with Crippen LogP contribution in [0.4, 0.5) is 0 Å². The van der Waals surface area contributed by atoms with E-state index in [1.807, 2.05) is 0 Å². The third-order valence-corrected chi connectivity index (χ3v) is 3.12. The second-order valence-electron chi connectivity index (χ2n) is 6.12. The van der Waals surface area contributed by atoms with E-state index in [2.05, 4.69) is 50.1 Å². The van der Waals surface area contributed by atoms with Crippen LogP contribution in [0.2, 0.25) is 0 Å². The Kier molecular flexibility index (Phi) is 11.9. The van der Waals surface area contributed by atoms with Crippen molar-refractivity contribution in [2.75, 3.05) is 53.9 Å². The first-order valence-electron chi connectivity index (χ1n) is 7.56. The van der Waals surface area contributed by atoms with E-state index in [4.69, 9.17) is 0 Å². The summed E-state index contributed by atoms with van der Waals surface area (Å²) in [6.45, 7) is 10.5. The van der Waals surface area contributed by atoms with Crippen LogP contribution >= 0.6 is 0 Å². The quantitative estimate of drug-likeness (QED) is 0.541. The lowest BCUT2D eigenvalue weighted by Gasteiger charge is -2.19. The van der Waals surface area contributed by atoms with Gasteiger partial charge in [-0.25, -0.2) is 0 Å². The minimum Gasteiger partial charge on any atom is -0.316 e. The molecular weight excluding hydrogens is 222 g/mol. The van der Waals surface area contributed by atoms with E-state index >= 15 is 0 Å². The highest BCUT2D eigenvalue weighted by Gasteiger charge is 1.99. The normalized spacial score (nSPS) is 12.0. The molecule has 0 saturated carbocycles. The van der Waals surface area contributed by atoms with Crippen molar-refractivity contribution in [1.29, 1.82) is 0 Å². The van der Waals surface area contributed by atoms with Crippen LogP contribution in [-0.2, 0) is 0 Å². The molecule has 18 heavy (non-hydrogen) atoms. The van der Waals surface area contributed by atoms with Gasteiger partial charge in [0.2, 0.25) is 0 Å². The van der Waals surface area contributed by atoms with Gasteiger partial charge in [0.1, 0.15) is 0 Å². The molecule has 3 heteroatoms. The van der Waals surface area contributed by atoms with Gasteiger partial charge in [-0.3, -0.25) is 0 Å². The number of unbranched alkanes of at least 4 members (excludes halogenated alkanes) is 3. The van der Waals surface area contributed by atoms with Crippen molar-refractivity contribution < 1.29 is 0 Å². The first-order chi connectivity index (χ1) is 8.52. The van der Waals surface area contributed by atoms with E-state index in [1.54, 1.807) is 0 Å². The third-order valence-electron chi connectivity index (χ3n) is 3.12. The maximum atomic E-state index is 3.50. The van der Waals surface area contributed by atoms with Gasteiger partial charge in [-0.1, -0.05) is 26.7 Å². The van der Waals surface area contributed by atoms with E-state index in [0.29, 0.717) is 0 Å². The second-order valence-corrected chi connectivity index (χ2v) is 6.12. The first kappa shape index (κ1) is 17.9. The predicted molar refractivity (Wildman–Crippen MR) is 82.2 cm³/mol. The van der Waals surface area contributed by atoms with Crippen LogP contribution in [0.1, 0.15) is 39.5 Å². The van der Waals surface area contributed by atoms with Crippen molar-refractivity contribution in [2.45, 2.75) is 39.5 Å². The fourth-order valence-electron chi connectivity index (χ4n) is 1.86. The minimum absolute atomic E-state index is 0.773. The van der Waals surface area contributed by atoms with Gasteiger partial charge in [0.15, 0.2) is 0 Å². The van der Waals surface area contributed by atoms with Crippen LogP contribution in [-0.4, -0.2) is 63.7 Å². The molecule has 0 rings (SSSR count). The van der Waals surface area contributed by atoms with Gasteiger partial charge >= 0.3 is 0 Å². The summed E-state index contributed by atoms with van der Waals surface area (Å²) in [4.78, 5) is 4.69. The fourth-order valence-corrected chi connectivity index (χ4v) is 1.86. The molecule has 0 aromatic carbocycles. The molecule has 0 bridgehead atoms. The van der Waals surface area contributed by atoms with Crippen LogP contribution in [0, 0.1) is 5.92 Å². The van der Waals surface area contributed by atoms with E-state index in [1.165, 1.54) is 45.3 Å². The fraction of sp³-hybridized carbons (Fsp3) is 1.00. The summed E-state index contributed by atoms with van der Waals surface area (Å²) in [6.07, 6.45) is 5.41. The zero-order valence-electron chi connectivity index (χ0n) is 13.3. The summed E-state index contributed by atoms with van der Waals surface area (Å²) in [5, 5.41) is 3.50. The molecule has 0 aromatic heterocycles. The smallest absolute Gasteiger partial charge is 0.0106 e. The van der Waals surface area contributed by atoms with Gasteiger partial charge in [-0.2, -0.15) is 0 Å². The Morgan fingerprint density at radius 2 is 1.50 bits per heavy atom. The molecule has 0 aliphatic rings. The molecule has 0 spiro atoms. The maximum absolute atomic E-state index is 3.50. The zero-order chi connectivity index (χ0) is 13.8. The van der Waals surface area contributed by atoms with E-state index < -0.39 is 0 Å². The van der Waals surface area contributed by atoms with Gasteiger partial charge < -0.3 is 15.1 Å². The molecule has 1 N–H and O–H groups in total. The van der Waals surface area contributed by atoms with Gasteiger partial charge in [-0.05, 0) is 59.5 Å². The summed E-state index contributed by atoms with van der Waals surface area (Å²) >= 11 is 0. The molecule has 0 saturated heterocycles. The Morgan fingerprint density at radius 3 is 2.11 bits per heavy atom.